The van der Waals surface area contributed by atoms with E-state index in [9.17, 15) is 19.1 Å². The molecule has 0 saturated carbocycles. The third-order valence-corrected chi connectivity index (χ3v) is 10.2. The normalized spacial score (nSPS) is 21.6. The molecule has 2 aromatic heterocycles. The molecule has 9 nitrogen and oxygen atoms in total. The fourth-order valence-electron chi connectivity index (χ4n) is 7.04. The molecule has 3 N–H and O–H groups in total. The van der Waals surface area contributed by atoms with E-state index >= 15 is 4.39 Å². The Balaban J connectivity index is 1.45. The van der Waals surface area contributed by atoms with Crippen molar-refractivity contribution >= 4 is 54.7 Å². The largest absolute Gasteiger partial charge is 0.489 e. The van der Waals surface area contributed by atoms with E-state index in [2.05, 4.69) is 14.9 Å². The van der Waals surface area contributed by atoms with E-state index in [0.29, 0.717) is 13.0 Å². The van der Waals surface area contributed by atoms with Crippen LogP contribution in [-0.2, 0) is 0 Å². The first-order valence-corrected chi connectivity index (χ1v) is 15.9. The summed E-state index contributed by atoms with van der Waals surface area (Å²) in [6.07, 6.45) is 1.05. The Morgan fingerprint density at radius 1 is 1.29 bits per heavy atom. The highest BCUT2D eigenvalue weighted by atomic mass is 35.5. The van der Waals surface area contributed by atoms with Gasteiger partial charge in [-0.3, -0.25) is 4.90 Å². The molecule has 2 aromatic carbocycles. The molecule has 236 valence electrons. The van der Waals surface area contributed by atoms with Crippen LogP contribution in [0.1, 0.15) is 38.7 Å². The van der Waals surface area contributed by atoms with Crippen molar-refractivity contribution in [3.63, 3.8) is 0 Å². The van der Waals surface area contributed by atoms with Crippen molar-refractivity contribution in [3.8, 4) is 29.0 Å². The van der Waals surface area contributed by atoms with E-state index in [-0.39, 0.29) is 91.6 Å². The van der Waals surface area contributed by atoms with Crippen LogP contribution in [0.4, 0.5) is 24.0 Å². The van der Waals surface area contributed by atoms with Crippen molar-refractivity contribution in [1.29, 1.82) is 5.26 Å². The van der Waals surface area contributed by atoms with Crippen LogP contribution in [0.2, 0.25) is 5.02 Å². The number of nitriles is 1. The fraction of sp³-hybridized carbons (Fsp3) is 0.452. The number of thiophene rings is 1. The van der Waals surface area contributed by atoms with Crippen molar-refractivity contribution in [2.24, 2.45) is 0 Å². The Kier molecular flexibility index (Phi) is 7.20. The van der Waals surface area contributed by atoms with E-state index in [1.54, 1.807) is 18.7 Å². The average molecular weight is 659 g/mol. The highest BCUT2D eigenvalue weighted by Gasteiger charge is 2.49. The van der Waals surface area contributed by atoms with Gasteiger partial charge in [0.2, 0.25) is 0 Å². The van der Waals surface area contributed by atoms with Crippen LogP contribution < -0.4 is 20.1 Å². The molecule has 4 aromatic rings. The number of alkyl halides is 1. The van der Waals surface area contributed by atoms with Gasteiger partial charge in [-0.25, -0.2) is 13.2 Å². The van der Waals surface area contributed by atoms with Crippen LogP contribution in [0, 0.1) is 23.0 Å². The van der Waals surface area contributed by atoms with Crippen LogP contribution in [-0.4, -0.2) is 76.7 Å². The lowest BCUT2D eigenvalue weighted by Gasteiger charge is -2.31. The number of fused-ring (bicyclic) bond motifs is 2. The summed E-state index contributed by atoms with van der Waals surface area (Å²) < 4.78 is 58.7. The van der Waals surface area contributed by atoms with Gasteiger partial charge in [0.1, 0.15) is 47.6 Å². The van der Waals surface area contributed by atoms with Crippen LogP contribution >= 0.6 is 22.9 Å². The number of aromatic nitrogens is 2. The molecule has 3 aliphatic rings. The number of hydrogen-bond donors (Lipinski definition) is 2. The number of ether oxygens (including phenoxy) is 2. The first kappa shape index (κ1) is 30.1. The van der Waals surface area contributed by atoms with Gasteiger partial charge in [-0.2, -0.15) is 15.2 Å². The second-order valence-electron chi connectivity index (χ2n) is 12.6. The fourth-order valence-corrected chi connectivity index (χ4v) is 8.32. The van der Waals surface area contributed by atoms with Gasteiger partial charge in [-0.05, 0) is 44.9 Å². The number of halogens is 4. The Morgan fingerprint density at radius 3 is 2.84 bits per heavy atom. The molecule has 2 fully saturated rings. The molecule has 0 amide bonds. The second kappa shape index (κ2) is 10.8. The smallest absolute Gasteiger partial charge is 0.319 e. The number of rotatable bonds is 6. The topological polar surface area (TPSA) is 121 Å². The minimum atomic E-state index is -1.15. The Hall–Kier alpha value is -3.57. The van der Waals surface area contributed by atoms with Crippen molar-refractivity contribution in [2.45, 2.75) is 50.4 Å². The summed E-state index contributed by atoms with van der Waals surface area (Å²) in [6, 6.07) is 4.41. The molecule has 2 atom stereocenters. The summed E-state index contributed by atoms with van der Waals surface area (Å²) in [5.41, 5.74) is 4.27. The van der Waals surface area contributed by atoms with Gasteiger partial charge in [0.05, 0.1) is 38.4 Å². The van der Waals surface area contributed by atoms with Crippen molar-refractivity contribution in [1.82, 2.24) is 14.9 Å². The maximum Gasteiger partial charge on any atom is 0.319 e. The van der Waals surface area contributed by atoms with E-state index in [0.717, 1.165) is 30.7 Å². The number of anilines is 2. The van der Waals surface area contributed by atoms with Crippen molar-refractivity contribution in [2.75, 3.05) is 50.0 Å². The highest BCUT2D eigenvalue weighted by molar-refractivity contribution is 7.23. The lowest BCUT2D eigenvalue weighted by molar-refractivity contribution is 0.0865. The van der Waals surface area contributed by atoms with Gasteiger partial charge < -0.3 is 25.2 Å². The quantitative estimate of drug-likeness (QED) is 0.264. The van der Waals surface area contributed by atoms with Crippen LogP contribution in [0.25, 0.3) is 32.1 Å². The van der Waals surface area contributed by atoms with Gasteiger partial charge in [0.15, 0.2) is 11.6 Å². The molecule has 0 spiro atoms. The van der Waals surface area contributed by atoms with Gasteiger partial charge in [0, 0.05) is 30.5 Å². The zero-order valence-corrected chi connectivity index (χ0v) is 26.2. The van der Waals surface area contributed by atoms with Crippen LogP contribution in [0.5, 0.6) is 11.8 Å². The number of aliphatic hydroxyl groups is 1. The second-order valence-corrected chi connectivity index (χ2v) is 14.0. The summed E-state index contributed by atoms with van der Waals surface area (Å²) in [7, 11) is 0. The molecule has 0 unspecified atom stereocenters. The van der Waals surface area contributed by atoms with E-state index in [1.165, 1.54) is 12.1 Å². The highest BCUT2D eigenvalue weighted by Crippen LogP contribution is 2.51. The van der Waals surface area contributed by atoms with Gasteiger partial charge in [-0.1, -0.05) is 17.7 Å². The number of benzene rings is 2. The maximum absolute atomic E-state index is 17.0. The summed E-state index contributed by atoms with van der Waals surface area (Å²) in [5.74, 6) is -1.09. The lowest BCUT2D eigenvalue weighted by atomic mass is 9.95. The number of nitrogens with two attached hydrogens (primary N) is 1. The zero-order valence-electron chi connectivity index (χ0n) is 24.6. The average Bonchev–Trinajstić information content (AvgIpc) is 3.58. The Labute approximate surface area is 265 Å². The van der Waals surface area contributed by atoms with Crippen LogP contribution in [0.15, 0.2) is 12.1 Å². The molecule has 45 heavy (non-hydrogen) atoms. The van der Waals surface area contributed by atoms with Gasteiger partial charge >= 0.3 is 6.01 Å². The molecule has 2 saturated heterocycles. The monoisotopic (exact) mass is 658 g/mol. The summed E-state index contributed by atoms with van der Waals surface area (Å²) in [4.78, 5) is 13.0. The Bertz CT molecular complexity index is 1910. The predicted molar refractivity (Wildman–Crippen MR) is 167 cm³/mol. The predicted octanol–water partition coefficient (Wildman–Crippen LogP) is 5.82. The van der Waals surface area contributed by atoms with Gasteiger partial charge in [0.25, 0.3) is 0 Å². The molecule has 5 heterocycles. The van der Waals surface area contributed by atoms with E-state index in [1.807, 2.05) is 6.07 Å². The van der Waals surface area contributed by atoms with Gasteiger partial charge in [-0.15, -0.1) is 11.3 Å². The number of β-amino-alcohol motifs (C(OH)–C–C–N with tert-alkyl or cyclic N) is 1. The van der Waals surface area contributed by atoms with E-state index < -0.39 is 28.9 Å². The third-order valence-electron chi connectivity index (χ3n) is 8.86. The molecule has 3 aliphatic heterocycles. The van der Waals surface area contributed by atoms with Crippen molar-refractivity contribution in [3.05, 3.63) is 34.4 Å². The first-order chi connectivity index (χ1) is 21.4. The zero-order chi connectivity index (χ0) is 31.8. The lowest BCUT2D eigenvalue weighted by Crippen LogP contribution is -2.43. The Morgan fingerprint density at radius 2 is 2.09 bits per heavy atom. The van der Waals surface area contributed by atoms with Crippen LogP contribution in [0.3, 0.4) is 0 Å². The molecule has 0 bridgehead atoms. The molecule has 7 rings (SSSR count). The molecular formula is C31H30ClF3N6O3S. The molecule has 14 heteroatoms. The first-order valence-electron chi connectivity index (χ1n) is 14.7. The maximum atomic E-state index is 17.0. The molecule has 0 radical (unpaired) electrons. The number of hydrogen-bond acceptors (Lipinski definition) is 10. The SMILES string of the molecule is CC(C)(O)CN1CCOc2c(Cl)c(-c3ccc(F)c4sc(N)c(C#N)c34)c(F)c3nc(OC[C@@]45CCCN4C[C@H](F)C5)nc1c23. The standard InChI is InChI=1S/C31H30ClF3N6O3S/c1-30(2,42)13-40-8-9-43-25-21-24(38-29(39-28(21)40)44-14-31-6-3-7-41(31)12-15(33)10-31)23(35)20(22(25)32)16-4-5-18(34)26-19(16)17(11-36)27(37)45-26/h4-5,15,42H,3,6-10,12-14,37H2,1-2H3/t15-,31+/m1/s1. The molecule has 0 aliphatic carbocycles. The summed E-state index contributed by atoms with van der Waals surface area (Å²) in [6.45, 7) is 5.04. The number of nitrogen functional groups attached to an aromatic ring is 1. The molecular weight excluding hydrogens is 629 g/mol. The third kappa shape index (κ3) is 4.90. The summed E-state index contributed by atoms with van der Waals surface area (Å²) >= 11 is 7.82. The minimum absolute atomic E-state index is 0.0127. The number of nitrogens with zero attached hydrogens (tertiary/aromatic N) is 5. The minimum Gasteiger partial charge on any atom is -0.489 e. The van der Waals surface area contributed by atoms with Crippen molar-refractivity contribution < 1.29 is 27.8 Å². The summed E-state index contributed by atoms with van der Waals surface area (Å²) in [5, 5.41) is 20.9. The van der Waals surface area contributed by atoms with E-state index in [4.69, 9.17) is 26.8 Å².